The maximum absolute atomic E-state index is 6.82. The minimum absolute atomic E-state index is 0.841. The maximum Gasteiger partial charge on any atom is 0.159 e. The third-order valence-electron chi connectivity index (χ3n) is 13.4. The first-order chi connectivity index (χ1) is 33.3. The largest absolute Gasteiger partial charge is 0.454 e. The van der Waals surface area contributed by atoms with Crippen LogP contribution in [-0.2, 0) is 0 Å². The van der Waals surface area contributed by atoms with Crippen LogP contribution in [0.5, 0.6) is 0 Å². The van der Waals surface area contributed by atoms with Gasteiger partial charge >= 0.3 is 0 Å². The first kappa shape index (κ1) is 38.5. The Bertz CT molecular complexity index is 3930. The molecule has 314 valence electrons. The number of hydrogen-bond donors (Lipinski definition) is 0. The fraction of sp³-hybridized carbons (Fsp3) is 0. The normalized spacial score (nSPS) is 11.6. The van der Waals surface area contributed by atoms with E-state index in [4.69, 9.17) is 4.42 Å². The fourth-order valence-electron chi connectivity index (χ4n) is 10.5. The van der Waals surface area contributed by atoms with Gasteiger partial charge in [0, 0.05) is 38.4 Å². The highest BCUT2D eigenvalue weighted by molar-refractivity contribution is 6.13. The molecule has 0 fully saturated rings. The second-order valence-electron chi connectivity index (χ2n) is 17.2. The van der Waals surface area contributed by atoms with Gasteiger partial charge in [0.15, 0.2) is 5.58 Å². The summed E-state index contributed by atoms with van der Waals surface area (Å²) in [5.41, 5.74) is 17.6. The van der Waals surface area contributed by atoms with E-state index in [1.165, 1.54) is 60.4 Å². The van der Waals surface area contributed by atoms with Crippen molar-refractivity contribution in [2.24, 2.45) is 0 Å². The van der Waals surface area contributed by atoms with E-state index in [9.17, 15) is 0 Å². The first-order valence-electron chi connectivity index (χ1n) is 22.9. The molecule has 67 heavy (non-hydrogen) atoms. The summed E-state index contributed by atoms with van der Waals surface area (Å²) in [5.74, 6) is 0. The maximum atomic E-state index is 6.82. The molecule has 0 atom stereocenters. The number of para-hydroxylation sites is 6. The summed E-state index contributed by atoms with van der Waals surface area (Å²) in [6.45, 7) is 0. The van der Waals surface area contributed by atoms with Crippen molar-refractivity contribution in [1.82, 2.24) is 4.57 Å². The Morgan fingerprint density at radius 3 is 1.60 bits per heavy atom. The smallest absolute Gasteiger partial charge is 0.159 e. The van der Waals surface area contributed by atoms with E-state index in [0.717, 1.165) is 61.4 Å². The van der Waals surface area contributed by atoms with Gasteiger partial charge in [0.25, 0.3) is 0 Å². The average Bonchev–Trinajstić information content (AvgIpc) is 3.96. The topological polar surface area (TPSA) is 21.3 Å². The van der Waals surface area contributed by atoms with Crippen LogP contribution in [0.2, 0.25) is 0 Å². The summed E-state index contributed by atoms with van der Waals surface area (Å²) >= 11 is 0. The van der Waals surface area contributed by atoms with E-state index < -0.39 is 0 Å². The van der Waals surface area contributed by atoms with Crippen molar-refractivity contribution < 1.29 is 4.42 Å². The van der Waals surface area contributed by atoms with Gasteiger partial charge in [0.1, 0.15) is 5.58 Å². The summed E-state index contributed by atoms with van der Waals surface area (Å²) in [5, 5.41) is 7.12. The molecule has 11 aromatic carbocycles. The lowest BCUT2D eigenvalue weighted by molar-refractivity contribution is 0.669. The van der Waals surface area contributed by atoms with Gasteiger partial charge in [-0.25, -0.2) is 0 Å². The number of furan rings is 1. The van der Waals surface area contributed by atoms with Gasteiger partial charge in [-0.2, -0.15) is 0 Å². The molecule has 0 N–H and O–H groups in total. The molecule has 0 bridgehead atoms. The third-order valence-corrected chi connectivity index (χ3v) is 13.4. The van der Waals surface area contributed by atoms with Crippen LogP contribution in [0.3, 0.4) is 0 Å². The molecule has 3 heteroatoms. The summed E-state index contributed by atoms with van der Waals surface area (Å²) in [6.07, 6.45) is 0. The molecular weight excluding hydrogens is 813 g/mol. The molecule has 0 saturated carbocycles. The van der Waals surface area contributed by atoms with Crippen LogP contribution < -0.4 is 4.90 Å². The lowest BCUT2D eigenvalue weighted by Gasteiger charge is -2.28. The van der Waals surface area contributed by atoms with Crippen LogP contribution in [0.25, 0.3) is 105 Å². The highest BCUT2D eigenvalue weighted by atomic mass is 16.3. The molecular formula is C64H42N2O. The number of rotatable bonds is 8. The average molecular weight is 855 g/mol. The monoisotopic (exact) mass is 854 g/mol. The molecule has 2 heterocycles. The van der Waals surface area contributed by atoms with E-state index in [-0.39, 0.29) is 0 Å². The molecule has 3 nitrogen and oxygen atoms in total. The zero-order valence-corrected chi connectivity index (χ0v) is 36.6. The Labute approximate surface area is 388 Å². The minimum Gasteiger partial charge on any atom is -0.454 e. The molecule has 0 amide bonds. The van der Waals surface area contributed by atoms with Crippen molar-refractivity contribution in [3.05, 3.63) is 255 Å². The predicted molar refractivity (Wildman–Crippen MR) is 282 cm³/mol. The van der Waals surface area contributed by atoms with Crippen molar-refractivity contribution in [2.75, 3.05) is 4.90 Å². The second kappa shape index (κ2) is 16.0. The van der Waals surface area contributed by atoms with Gasteiger partial charge in [-0.3, -0.25) is 0 Å². The molecule has 0 aliphatic carbocycles. The van der Waals surface area contributed by atoms with Gasteiger partial charge < -0.3 is 13.9 Å². The van der Waals surface area contributed by atoms with Crippen LogP contribution in [0.15, 0.2) is 259 Å². The van der Waals surface area contributed by atoms with E-state index in [1.807, 2.05) is 6.07 Å². The van der Waals surface area contributed by atoms with Crippen LogP contribution in [0.1, 0.15) is 0 Å². The van der Waals surface area contributed by atoms with Crippen molar-refractivity contribution in [1.29, 1.82) is 0 Å². The van der Waals surface area contributed by atoms with Crippen molar-refractivity contribution in [3.8, 4) is 50.2 Å². The Hall–Kier alpha value is -8.92. The third kappa shape index (κ3) is 6.35. The molecule has 13 aromatic rings. The molecule has 0 spiro atoms. The zero-order chi connectivity index (χ0) is 44.3. The van der Waals surface area contributed by atoms with Crippen LogP contribution in [0, 0.1) is 0 Å². The number of hydrogen-bond acceptors (Lipinski definition) is 2. The Balaban J connectivity index is 1.00. The molecule has 0 unspecified atom stereocenters. The number of fused-ring (bicyclic) bond motifs is 7. The standard InChI is InChI=1S/C64H42N2O/c1-2-19-43(20-3-1)48-30-16-21-45-22-17-31-55(63(45)48)49-24-5-4-23-47(49)44-39-41-46(42-40-44)65(61-37-18-32-56-54-29-10-15-38-62(54)67-64(56)61)57-33-11-6-25-50(57)51-26-7-12-34-58(51)66-59-35-13-8-27-52(59)53-28-9-14-36-60(53)66/h1-42H. The van der Waals surface area contributed by atoms with Crippen molar-refractivity contribution in [3.63, 3.8) is 0 Å². The molecule has 0 aliphatic heterocycles. The van der Waals surface area contributed by atoms with E-state index in [0.29, 0.717) is 0 Å². The lowest BCUT2D eigenvalue weighted by Crippen LogP contribution is -2.12. The molecule has 0 saturated heterocycles. The zero-order valence-electron chi connectivity index (χ0n) is 36.6. The van der Waals surface area contributed by atoms with Gasteiger partial charge in [-0.05, 0) is 92.7 Å². The molecule has 13 rings (SSSR count). The van der Waals surface area contributed by atoms with E-state index >= 15 is 0 Å². The minimum atomic E-state index is 0.841. The highest BCUT2D eigenvalue weighted by Gasteiger charge is 2.24. The van der Waals surface area contributed by atoms with Crippen LogP contribution >= 0.6 is 0 Å². The van der Waals surface area contributed by atoms with Gasteiger partial charge in [0.2, 0.25) is 0 Å². The number of nitrogens with zero attached hydrogens (tertiary/aromatic N) is 2. The number of anilines is 3. The molecule has 0 aliphatic rings. The SMILES string of the molecule is c1ccc(-c2cccc3cccc(-c4ccccc4-c4ccc(N(c5ccccc5-c5ccccc5-n5c6ccccc6c6ccccc65)c5cccc6c5oc5ccccc56)cc4)c23)cc1. The molecule has 2 aromatic heterocycles. The molecule has 0 radical (unpaired) electrons. The van der Waals surface area contributed by atoms with Crippen molar-refractivity contribution in [2.45, 2.75) is 0 Å². The quantitative estimate of drug-likeness (QED) is 0.152. The Morgan fingerprint density at radius 2 is 0.836 bits per heavy atom. The number of aromatic nitrogens is 1. The Morgan fingerprint density at radius 1 is 0.313 bits per heavy atom. The highest BCUT2D eigenvalue weighted by Crippen LogP contribution is 2.48. The van der Waals surface area contributed by atoms with Gasteiger partial charge in [0.05, 0.1) is 28.1 Å². The Kier molecular flexibility index (Phi) is 9.17. The fourth-order valence-corrected chi connectivity index (χ4v) is 10.5. The predicted octanol–water partition coefficient (Wildman–Crippen LogP) is 18.0. The van der Waals surface area contributed by atoms with Crippen LogP contribution in [0.4, 0.5) is 17.1 Å². The number of benzene rings is 11. The van der Waals surface area contributed by atoms with Crippen LogP contribution in [-0.4, -0.2) is 4.57 Å². The lowest BCUT2D eigenvalue weighted by atomic mass is 9.88. The summed E-state index contributed by atoms with van der Waals surface area (Å²) in [6, 6.07) is 91.8. The van der Waals surface area contributed by atoms with Crippen molar-refractivity contribution >= 4 is 71.6 Å². The summed E-state index contributed by atoms with van der Waals surface area (Å²) in [7, 11) is 0. The summed E-state index contributed by atoms with van der Waals surface area (Å²) in [4.78, 5) is 2.38. The van der Waals surface area contributed by atoms with E-state index in [1.54, 1.807) is 0 Å². The summed E-state index contributed by atoms with van der Waals surface area (Å²) < 4.78 is 9.24. The van der Waals surface area contributed by atoms with Gasteiger partial charge in [-0.15, -0.1) is 0 Å². The van der Waals surface area contributed by atoms with E-state index in [2.05, 4.69) is 258 Å². The van der Waals surface area contributed by atoms with Gasteiger partial charge in [-0.1, -0.05) is 206 Å². The second-order valence-corrected chi connectivity index (χ2v) is 17.2. The first-order valence-corrected chi connectivity index (χ1v) is 22.9.